The van der Waals surface area contributed by atoms with Crippen molar-refractivity contribution in [1.82, 2.24) is 0 Å². The van der Waals surface area contributed by atoms with Crippen molar-refractivity contribution in [3.63, 3.8) is 0 Å². The Labute approximate surface area is 90.5 Å². The molecule has 1 aliphatic rings. The molecule has 0 fully saturated rings. The van der Waals surface area contributed by atoms with Gasteiger partial charge in [-0.3, -0.25) is 9.59 Å². The molecule has 0 saturated carbocycles. The van der Waals surface area contributed by atoms with Gasteiger partial charge in [0.1, 0.15) is 6.61 Å². The first-order valence-corrected chi connectivity index (χ1v) is 5.32. The molecule has 0 heterocycles. The first kappa shape index (κ1) is 12.0. The lowest BCUT2D eigenvalue weighted by Gasteiger charge is -2.22. The Balaban J connectivity index is 2.46. The van der Waals surface area contributed by atoms with Crippen LogP contribution in [0.2, 0.25) is 0 Å². The fraction of sp³-hybridized carbons (Fsp3) is 0.667. The Morgan fingerprint density at radius 1 is 1.33 bits per heavy atom. The van der Waals surface area contributed by atoms with Crippen LogP contribution < -0.4 is 0 Å². The standard InChI is InChI=1S/C12H18O3/c1-8-4-5-11(6-9(8)2)12(14)15-7-10(3)13/h11H,4-7H2,1-3H3. The van der Waals surface area contributed by atoms with E-state index < -0.39 is 0 Å². The van der Waals surface area contributed by atoms with Gasteiger partial charge >= 0.3 is 5.97 Å². The van der Waals surface area contributed by atoms with Crippen LogP contribution >= 0.6 is 0 Å². The Kier molecular flexibility index (Phi) is 4.06. The molecule has 0 amide bonds. The third kappa shape index (κ3) is 3.50. The molecule has 1 unspecified atom stereocenters. The predicted molar refractivity (Wildman–Crippen MR) is 57.4 cm³/mol. The fourth-order valence-electron chi connectivity index (χ4n) is 1.74. The number of ketones is 1. The zero-order valence-electron chi connectivity index (χ0n) is 9.63. The van der Waals surface area contributed by atoms with Gasteiger partial charge in [-0.15, -0.1) is 0 Å². The van der Waals surface area contributed by atoms with Gasteiger partial charge in [0.05, 0.1) is 5.92 Å². The minimum absolute atomic E-state index is 0.0481. The van der Waals surface area contributed by atoms with Gasteiger partial charge in [-0.25, -0.2) is 0 Å². The number of allylic oxidation sites excluding steroid dienone is 2. The lowest BCUT2D eigenvalue weighted by Crippen LogP contribution is -2.23. The van der Waals surface area contributed by atoms with E-state index in [1.165, 1.54) is 18.1 Å². The summed E-state index contributed by atoms with van der Waals surface area (Å²) in [4.78, 5) is 22.2. The van der Waals surface area contributed by atoms with Crippen LogP contribution in [0.4, 0.5) is 0 Å². The third-order valence-corrected chi connectivity index (χ3v) is 2.90. The van der Waals surface area contributed by atoms with Crippen molar-refractivity contribution in [2.45, 2.75) is 40.0 Å². The summed E-state index contributed by atoms with van der Waals surface area (Å²) < 4.78 is 4.92. The van der Waals surface area contributed by atoms with Gasteiger partial charge in [0.2, 0.25) is 0 Å². The maximum atomic E-state index is 11.6. The Bertz CT molecular complexity index is 302. The molecular weight excluding hydrogens is 192 g/mol. The largest absolute Gasteiger partial charge is 0.457 e. The fourth-order valence-corrected chi connectivity index (χ4v) is 1.74. The summed E-state index contributed by atoms with van der Waals surface area (Å²) in [6, 6.07) is 0. The van der Waals surface area contributed by atoms with Crippen molar-refractivity contribution in [1.29, 1.82) is 0 Å². The van der Waals surface area contributed by atoms with E-state index in [1.54, 1.807) is 0 Å². The number of hydrogen-bond acceptors (Lipinski definition) is 3. The van der Waals surface area contributed by atoms with Crippen LogP contribution in [-0.2, 0) is 14.3 Å². The second kappa shape index (κ2) is 5.10. The number of Topliss-reactive ketones (excluding diaryl/α,β-unsaturated/α-hetero) is 1. The van der Waals surface area contributed by atoms with Gasteiger partial charge in [0.25, 0.3) is 0 Å². The van der Waals surface area contributed by atoms with Gasteiger partial charge < -0.3 is 4.74 Å². The minimum Gasteiger partial charge on any atom is -0.457 e. The van der Waals surface area contributed by atoms with Crippen LogP contribution in [0.3, 0.4) is 0 Å². The van der Waals surface area contributed by atoms with E-state index in [2.05, 4.69) is 13.8 Å². The normalized spacial score (nSPS) is 21.4. The molecule has 0 spiro atoms. The molecular formula is C12H18O3. The highest BCUT2D eigenvalue weighted by Gasteiger charge is 2.24. The van der Waals surface area contributed by atoms with E-state index >= 15 is 0 Å². The second-order valence-corrected chi connectivity index (χ2v) is 4.31. The van der Waals surface area contributed by atoms with Crippen LogP contribution in [0.1, 0.15) is 40.0 Å². The topological polar surface area (TPSA) is 43.4 Å². The van der Waals surface area contributed by atoms with Crippen LogP contribution in [0.15, 0.2) is 11.1 Å². The van der Waals surface area contributed by atoms with Crippen LogP contribution in [-0.4, -0.2) is 18.4 Å². The molecule has 1 rings (SSSR count). The molecule has 1 atom stereocenters. The smallest absolute Gasteiger partial charge is 0.309 e. The van der Waals surface area contributed by atoms with Gasteiger partial charge in [-0.05, 0) is 40.0 Å². The molecule has 0 aromatic heterocycles. The summed E-state index contributed by atoms with van der Waals surface area (Å²) in [5.74, 6) is -0.382. The Morgan fingerprint density at radius 2 is 2.00 bits per heavy atom. The molecule has 0 bridgehead atoms. The van der Waals surface area contributed by atoms with Crippen molar-refractivity contribution < 1.29 is 14.3 Å². The predicted octanol–water partition coefficient (Wildman–Crippen LogP) is 2.26. The molecule has 0 saturated heterocycles. The van der Waals surface area contributed by atoms with Gasteiger partial charge in [0, 0.05) is 0 Å². The molecule has 1 aliphatic carbocycles. The first-order chi connectivity index (χ1) is 7.00. The van der Waals surface area contributed by atoms with Crippen molar-refractivity contribution in [3.8, 4) is 0 Å². The minimum atomic E-state index is -0.225. The number of hydrogen-bond donors (Lipinski definition) is 0. The third-order valence-electron chi connectivity index (χ3n) is 2.90. The summed E-state index contributed by atoms with van der Waals surface area (Å²) in [5, 5.41) is 0. The maximum absolute atomic E-state index is 11.6. The van der Waals surface area contributed by atoms with E-state index in [4.69, 9.17) is 4.74 Å². The van der Waals surface area contributed by atoms with E-state index in [-0.39, 0.29) is 24.3 Å². The number of carbonyl (C=O) groups is 2. The summed E-state index contributed by atoms with van der Waals surface area (Å²) in [7, 11) is 0. The SMILES string of the molecule is CC(=O)COC(=O)C1CCC(C)=C(C)C1. The zero-order chi connectivity index (χ0) is 11.4. The van der Waals surface area contributed by atoms with Crippen molar-refractivity contribution in [3.05, 3.63) is 11.1 Å². The van der Waals surface area contributed by atoms with E-state index in [0.29, 0.717) is 0 Å². The highest BCUT2D eigenvalue weighted by molar-refractivity contribution is 5.81. The zero-order valence-corrected chi connectivity index (χ0v) is 9.63. The summed E-state index contributed by atoms with van der Waals surface area (Å²) >= 11 is 0. The van der Waals surface area contributed by atoms with Gasteiger partial charge in [-0.2, -0.15) is 0 Å². The number of ether oxygens (including phenoxy) is 1. The van der Waals surface area contributed by atoms with Crippen LogP contribution in [0.5, 0.6) is 0 Å². The van der Waals surface area contributed by atoms with E-state index in [9.17, 15) is 9.59 Å². The molecule has 0 aromatic carbocycles. The van der Waals surface area contributed by atoms with E-state index in [1.807, 2.05) is 0 Å². The van der Waals surface area contributed by atoms with Gasteiger partial charge in [-0.1, -0.05) is 11.1 Å². The summed E-state index contributed by atoms with van der Waals surface area (Å²) in [6.45, 7) is 5.49. The molecule has 0 N–H and O–H groups in total. The Hall–Kier alpha value is -1.12. The molecule has 3 nitrogen and oxygen atoms in total. The summed E-state index contributed by atoms with van der Waals surface area (Å²) in [5.41, 5.74) is 2.66. The van der Waals surface area contributed by atoms with Crippen LogP contribution in [0, 0.1) is 5.92 Å². The molecule has 15 heavy (non-hydrogen) atoms. The monoisotopic (exact) mass is 210 g/mol. The molecule has 84 valence electrons. The maximum Gasteiger partial charge on any atom is 0.309 e. The first-order valence-electron chi connectivity index (χ1n) is 5.32. The highest BCUT2D eigenvalue weighted by Crippen LogP contribution is 2.29. The average Bonchev–Trinajstić information content (AvgIpc) is 2.18. The quantitative estimate of drug-likeness (QED) is 0.530. The average molecular weight is 210 g/mol. The van der Waals surface area contributed by atoms with E-state index in [0.717, 1.165) is 19.3 Å². The lowest BCUT2D eigenvalue weighted by atomic mass is 9.85. The number of carbonyl (C=O) groups excluding carboxylic acids is 2. The molecule has 0 aliphatic heterocycles. The van der Waals surface area contributed by atoms with Crippen molar-refractivity contribution in [2.75, 3.05) is 6.61 Å². The number of rotatable bonds is 3. The second-order valence-electron chi connectivity index (χ2n) is 4.31. The molecule has 3 heteroatoms. The van der Waals surface area contributed by atoms with Gasteiger partial charge in [0.15, 0.2) is 5.78 Å². The lowest BCUT2D eigenvalue weighted by molar-refractivity contribution is -0.152. The van der Waals surface area contributed by atoms with Crippen LogP contribution in [0.25, 0.3) is 0 Å². The molecule has 0 radical (unpaired) electrons. The Morgan fingerprint density at radius 3 is 2.53 bits per heavy atom. The molecule has 0 aromatic rings. The van der Waals surface area contributed by atoms with Crippen molar-refractivity contribution in [2.24, 2.45) is 5.92 Å². The highest BCUT2D eigenvalue weighted by atomic mass is 16.5. The number of esters is 1. The van der Waals surface area contributed by atoms with Crippen molar-refractivity contribution >= 4 is 11.8 Å². The summed E-state index contributed by atoms with van der Waals surface area (Å²) in [6.07, 6.45) is 2.59.